The number of nitrogens with one attached hydrogen (secondary N) is 1. The largest absolute Gasteiger partial charge is 0.478 e. The number of hydrogen-bond acceptors (Lipinski definition) is 6. The van der Waals surface area contributed by atoms with Crippen LogP contribution in [0.5, 0.6) is 0 Å². The molecule has 1 heterocycles. The van der Waals surface area contributed by atoms with Gasteiger partial charge >= 0.3 is 5.97 Å². The molecule has 7 nitrogen and oxygen atoms in total. The highest BCUT2D eigenvalue weighted by molar-refractivity contribution is 6.32. The topological polar surface area (TPSA) is 91.2 Å². The molecule has 0 bridgehead atoms. The predicted molar refractivity (Wildman–Crippen MR) is 75.8 cm³/mol. The number of anilines is 3. The van der Waals surface area contributed by atoms with Gasteiger partial charge in [-0.15, -0.1) is 10.2 Å². The molecule has 0 saturated carbocycles. The van der Waals surface area contributed by atoms with Gasteiger partial charge in [-0.2, -0.15) is 0 Å². The summed E-state index contributed by atoms with van der Waals surface area (Å²) in [5.74, 6) is -0.573. The molecule has 104 valence electrons. The second-order valence-electron chi connectivity index (χ2n) is 4.15. The first kappa shape index (κ1) is 14.0. The molecule has 2 aromatic rings. The molecule has 0 unspecified atom stereocenters. The van der Waals surface area contributed by atoms with Crippen molar-refractivity contribution in [1.29, 1.82) is 0 Å². The van der Waals surface area contributed by atoms with E-state index in [0.29, 0.717) is 17.2 Å². The number of halogens is 1. The van der Waals surface area contributed by atoms with E-state index in [-0.39, 0.29) is 10.7 Å². The Morgan fingerprint density at radius 3 is 2.65 bits per heavy atom. The zero-order valence-corrected chi connectivity index (χ0v) is 11.6. The molecule has 0 spiro atoms. The lowest BCUT2D eigenvalue weighted by Gasteiger charge is -2.17. The van der Waals surface area contributed by atoms with E-state index >= 15 is 0 Å². The molecule has 1 aromatic carbocycles. The fourth-order valence-corrected chi connectivity index (χ4v) is 1.80. The van der Waals surface area contributed by atoms with Crippen molar-refractivity contribution >= 4 is 34.8 Å². The zero-order valence-electron chi connectivity index (χ0n) is 10.8. The summed E-state index contributed by atoms with van der Waals surface area (Å²) >= 11 is 6.01. The van der Waals surface area contributed by atoms with Gasteiger partial charge in [-0.05, 0) is 17.3 Å². The highest BCUT2D eigenvalue weighted by Crippen LogP contribution is 2.31. The van der Waals surface area contributed by atoms with Crippen molar-refractivity contribution in [3.05, 3.63) is 35.0 Å². The lowest BCUT2D eigenvalue weighted by Crippen LogP contribution is -2.15. The molecule has 0 aliphatic carbocycles. The lowest BCUT2D eigenvalue weighted by molar-refractivity contribution is 0.0698. The summed E-state index contributed by atoms with van der Waals surface area (Å²) in [5.41, 5.74) is 0.935. The molecule has 20 heavy (non-hydrogen) atoms. The molecule has 0 fully saturated rings. The van der Waals surface area contributed by atoms with Gasteiger partial charge in [0.2, 0.25) is 0 Å². The van der Waals surface area contributed by atoms with Crippen LogP contribution < -0.4 is 10.2 Å². The Morgan fingerprint density at radius 2 is 2.00 bits per heavy atom. The third-order valence-electron chi connectivity index (χ3n) is 2.54. The first-order chi connectivity index (χ1) is 9.50. The Balaban J connectivity index is 2.48. The fourth-order valence-electron chi connectivity index (χ4n) is 1.63. The van der Waals surface area contributed by atoms with Crippen LogP contribution in [-0.4, -0.2) is 40.6 Å². The molecule has 0 aliphatic heterocycles. The van der Waals surface area contributed by atoms with E-state index in [4.69, 9.17) is 16.7 Å². The maximum atomic E-state index is 11.2. The average molecular weight is 294 g/mol. The third kappa shape index (κ3) is 2.77. The van der Waals surface area contributed by atoms with Crippen molar-refractivity contribution in [2.75, 3.05) is 24.3 Å². The SMILES string of the molecule is CN(C)c1nnnc(Cl)c1Nc1ccccc1C(=O)O. The second kappa shape index (κ2) is 5.70. The van der Waals surface area contributed by atoms with Crippen LogP contribution in [0.1, 0.15) is 10.4 Å². The molecule has 0 atom stereocenters. The number of carboxylic acids is 1. The number of para-hydroxylation sites is 1. The number of aromatic carboxylic acids is 1. The lowest BCUT2D eigenvalue weighted by atomic mass is 10.2. The summed E-state index contributed by atoms with van der Waals surface area (Å²) in [6, 6.07) is 6.50. The van der Waals surface area contributed by atoms with Crippen LogP contribution in [0.2, 0.25) is 5.15 Å². The van der Waals surface area contributed by atoms with Crippen LogP contribution in [0, 0.1) is 0 Å². The molecular formula is C12H12ClN5O2. The molecule has 0 radical (unpaired) electrons. The highest BCUT2D eigenvalue weighted by atomic mass is 35.5. The molecule has 0 amide bonds. The summed E-state index contributed by atoms with van der Waals surface area (Å²) in [4.78, 5) is 12.9. The Bertz CT molecular complexity index is 647. The first-order valence-electron chi connectivity index (χ1n) is 5.66. The number of aromatic nitrogens is 3. The standard InChI is InChI=1S/C12H12ClN5O2/c1-18(2)11-9(10(13)15-17-16-11)14-8-6-4-3-5-7(8)12(19)20/h3-6H,1-2H3,(H,14,17)(H,19,20). The monoisotopic (exact) mass is 293 g/mol. The predicted octanol–water partition coefficient (Wildman–Crippen LogP) is 2.03. The van der Waals surface area contributed by atoms with E-state index < -0.39 is 5.97 Å². The van der Waals surface area contributed by atoms with E-state index in [0.717, 1.165) is 0 Å². The third-order valence-corrected chi connectivity index (χ3v) is 2.81. The van der Waals surface area contributed by atoms with E-state index in [1.165, 1.54) is 6.07 Å². The van der Waals surface area contributed by atoms with Gasteiger partial charge in [0.15, 0.2) is 11.0 Å². The van der Waals surface area contributed by atoms with Crippen LogP contribution in [0.25, 0.3) is 0 Å². The summed E-state index contributed by atoms with van der Waals surface area (Å²) < 4.78 is 0. The van der Waals surface area contributed by atoms with Gasteiger partial charge < -0.3 is 15.3 Å². The minimum atomic E-state index is -1.04. The van der Waals surface area contributed by atoms with E-state index in [9.17, 15) is 4.79 Å². The normalized spacial score (nSPS) is 10.2. The van der Waals surface area contributed by atoms with Gasteiger partial charge in [0.1, 0.15) is 5.69 Å². The van der Waals surface area contributed by atoms with Crippen molar-refractivity contribution < 1.29 is 9.90 Å². The summed E-state index contributed by atoms with van der Waals surface area (Å²) in [7, 11) is 3.54. The fraction of sp³-hybridized carbons (Fsp3) is 0.167. The minimum Gasteiger partial charge on any atom is -0.478 e. The average Bonchev–Trinajstić information content (AvgIpc) is 2.41. The van der Waals surface area contributed by atoms with Crippen LogP contribution in [-0.2, 0) is 0 Å². The van der Waals surface area contributed by atoms with Gasteiger partial charge in [-0.1, -0.05) is 23.7 Å². The zero-order chi connectivity index (χ0) is 14.7. The number of benzene rings is 1. The quantitative estimate of drug-likeness (QED) is 0.891. The summed E-state index contributed by atoms with van der Waals surface area (Å²) in [6.45, 7) is 0. The number of rotatable bonds is 4. The Morgan fingerprint density at radius 1 is 1.30 bits per heavy atom. The van der Waals surface area contributed by atoms with Crippen molar-refractivity contribution in [3.63, 3.8) is 0 Å². The number of carbonyl (C=O) groups is 1. The molecule has 1 aromatic heterocycles. The minimum absolute atomic E-state index is 0.115. The number of carboxylic acid groups (broad SMARTS) is 1. The maximum absolute atomic E-state index is 11.2. The van der Waals surface area contributed by atoms with Crippen LogP contribution in [0.15, 0.2) is 24.3 Å². The van der Waals surface area contributed by atoms with E-state index in [1.54, 1.807) is 37.2 Å². The Hall–Kier alpha value is -2.41. The molecule has 2 rings (SSSR count). The van der Waals surface area contributed by atoms with Crippen molar-refractivity contribution in [2.45, 2.75) is 0 Å². The van der Waals surface area contributed by atoms with Crippen LogP contribution >= 0.6 is 11.6 Å². The van der Waals surface area contributed by atoms with Crippen molar-refractivity contribution in [2.24, 2.45) is 0 Å². The molecule has 0 aliphatic rings. The summed E-state index contributed by atoms with van der Waals surface area (Å²) in [6.07, 6.45) is 0. The maximum Gasteiger partial charge on any atom is 0.337 e. The molecule has 8 heteroatoms. The summed E-state index contributed by atoms with van der Waals surface area (Å²) in [5, 5.41) is 23.3. The second-order valence-corrected chi connectivity index (χ2v) is 4.51. The first-order valence-corrected chi connectivity index (χ1v) is 6.04. The van der Waals surface area contributed by atoms with Crippen molar-refractivity contribution in [1.82, 2.24) is 15.4 Å². The number of nitrogens with zero attached hydrogens (tertiary/aromatic N) is 4. The van der Waals surface area contributed by atoms with Gasteiger partial charge in [-0.25, -0.2) is 4.79 Å². The van der Waals surface area contributed by atoms with E-state index in [2.05, 4.69) is 20.7 Å². The van der Waals surface area contributed by atoms with Gasteiger partial charge in [-0.3, -0.25) is 0 Å². The van der Waals surface area contributed by atoms with Gasteiger partial charge in [0.05, 0.1) is 11.3 Å². The highest BCUT2D eigenvalue weighted by Gasteiger charge is 2.16. The van der Waals surface area contributed by atoms with Crippen molar-refractivity contribution in [3.8, 4) is 0 Å². The molecule has 0 saturated heterocycles. The van der Waals surface area contributed by atoms with Gasteiger partial charge in [0.25, 0.3) is 0 Å². The number of hydrogen-bond donors (Lipinski definition) is 2. The van der Waals surface area contributed by atoms with E-state index in [1.807, 2.05) is 0 Å². The van der Waals surface area contributed by atoms with Crippen LogP contribution in [0.3, 0.4) is 0 Å². The molecule has 2 N–H and O–H groups in total. The van der Waals surface area contributed by atoms with Gasteiger partial charge in [0, 0.05) is 14.1 Å². The Labute approximate surface area is 120 Å². The Kier molecular flexibility index (Phi) is 3.99. The smallest absolute Gasteiger partial charge is 0.337 e. The molecular weight excluding hydrogens is 282 g/mol. The van der Waals surface area contributed by atoms with Crippen LogP contribution in [0.4, 0.5) is 17.2 Å².